The van der Waals surface area contributed by atoms with Crippen molar-refractivity contribution in [3.63, 3.8) is 0 Å². The van der Waals surface area contributed by atoms with Gasteiger partial charge in [-0.1, -0.05) is 18.8 Å². The second kappa shape index (κ2) is 13.2. The Balaban J connectivity index is 1.36. The molecule has 2 aromatic carbocycles. The molecule has 13 heteroatoms. The molecule has 1 unspecified atom stereocenters. The van der Waals surface area contributed by atoms with Crippen LogP contribution in [-0.4, -0.2) is 91.5 Å². The van der Waals surface area contributed by atoms with Crippen LogP contribution in [0.25, 0.3) is 11.0 Å². The van der Waals surface area contributed by atoms with Crippen LogP contribution in [0.15, 0.2) is 36.7 Å². The topological polar surface area (TPSA) is 110 Å². The number of imidazole rings is 1. The third kappa shape index (κ3) is 7.09. The van der Waals surface area contributed by atoms with Gasteiger partial charge in [0.25, 0.3) is 11.8 Å². The molecule has 0 spiro atoms. The first kappa shape index (κ1) is 31.2. The Morgan fingerprint density at radius 2 is 1.98 bits per heavy atom. The number of carbonyl (C=O) groups is 2. The largest absolute Gasteiger partial charge is 0.495 e. The van der Waals surface area contributed by atoms with Crippen molar-refractivity contribution in [3.8, 4) is 17.6 Å². The van der Waals surface area contributed by atoms with Gasteiger partial charge in [-0.15, -0.1) is 0 Å². The van der Waals surface area contributed by atoms with E-state index in [9.17, 15) is 22.8 Å². The molecule has 0 aliphatic carbocycles. The fraction of sp³-hybridized carbons (Fsp3) is 0.452. The monoisotopic (exact) mass is 612 g/mol. The molecule has 2 aliphatic rings. The number of nitrogens with one attached hydrogen (secondary N) is 3. The molecule has 3 N–H and O–H groups in total. The molecule has 3 heterocycles. The number of rotatable bonds is 8. The van der Waals surface area contributed by atoms with Gasteiger partial charge in [0.1, 0.15) is 17.8 Å². The second-order valence-corrected chi connectivity index (χ2v) is 11.1. The lowest BCUT2D eigenvalue weighted by atomic mass is 9.92. The number of piperidine rings is 1. The van der Waals surface area contributed by atoms with Gasteiger partial charge in [0.05, 0.1) is 56.0 Å². The molecule has 3 aromatic rings. The van der Waals surface area contributed by atoms with Gasteiger partial charge in [-0.25, -0.2) is 4.98 Å². The number of alkyl halides is 3. The Kier molecular flexibility index (Phi) is 9.31. The predicted octanol–water partition coefficient (Wildman–Crippen LogP) is 3.27. The first-order chi connectivity index (χ1) is 21.1. The molecule has 0 saturated carbocycles. The molecule has 2 saturated heterocycles. The molecule has 0 bridgehead atoms. The van der Waals surface area contributed by atoms with E-state index in [-0.39, 0.29) is 41.0 Å². The van der Waals surface area contributed by atoms with E-state index in [0.29, 0.717) is 28.6 Å². The van der Waals surface area contributed by atoms with Gasteiger partial charge in [-0.3, -0.25) is 14.5 Å². The highest BCUT2D eigenvalue weighted by atomic mass is 19.4. The van der Waals surface area contributed by atoms with Crippen molar-refractivity contribution in [3.05, 3.63) is 53.3 Å². The number of benzene rings is 2. The van der Waals surface area contributed by atoms with Gasteiger partial charge in [-0.2, -0.15) is 13.2 Å². The molecular weight excluding hydrogens is 577 g/mol. The molecule has 0 radical (unpaired) electrons. The lowest BCUT2D eigenvalue weighted by molar-refractivity contribution is -0.139. The first-order valence-corrected chi connectivity index (χ1v) is 14.4. The third-order valence-corrected chi connectivity index (χ3v) is 8.00. The number of carbonyl (C=O) groups excluding carboxylic acids is 2. The normalized spacial score (nSPS) is 19.0. The van der Waals surface area contributed by atoms with E-state index in [1.54, 1.807) is 24.3 Å². The van der Waals surface area contributed by atoms with Gasteiger partial charge in [0.2, 0.25) is 0 Å². The van der Waals surface area contributed by atoms with Crippen molar-refractivity contribution in [2.45, 2.75) is 38.1 Å². The van der Waals surface area contributed by atoms with Crippen molar-refractivity contribution in [2.24, 2.45) is 5.92 Å². The van der Waals surface area contributed by atoms with E-state index in [2.05, 4.69) is 44.6 Å². The number of ether oxygens (including phenoxy) is 2. The minimum absolute atomic E-state index is 0.0873. The van der Waals surface area contributed by atoms with Crippen molar-refractivity contribution in [1.82, 2.24) is 25.1 Å². The highest BCUT2D eigenvalue weighted by Gasteiger charge is 2.34. The number of methoxy groups -OCH3 is 1. The summed E-state index contributed by atoms with van der Waals surface area (Å²) in [6, 6.07) is 8.35. The van der Waals surface area contributed by atoms with Crippen LogP contribution in [0.4, 0.5) is 18.9 Å². The molecular formula is C31H35F3N6O4. The zero-order chi connectivity index (χ0) is 31.4. The van der Waals surface area contributed by atoms with Gasteiger partial charge in [0.15, 0.2) is 0 Å². The number of likely N-dealkylation sites (tertiary alicyclic amines) is 1. The molecule has 44 heavy (non-hydrogen) atoms. The van der Waals surface area contributed by atoms with Crippen LogP contribution in [0.3, 0.4) is 0 Å². The highest BCUT2D eigenvalue weighted by molar-refractivity contribution is 6.05. The Morgan fingerprint density at radius 1 is 1.18 bits per heavy atom. The number of fused-ring (bicyclic) bond motifs is 1. The number of nitrogens with zero attached hydrogens (tertiary/aromatic N) is 3. The van der Waals surface area contributed by atoms with Crippen molar-refractivity contribution in [2.75, 3.05) is 52.3 Å². The van der Waals surface area contributed by atoms with Gasteiger partial charge in [0, 0.05) is 37.3 Å². The zero-order valence-corrected chi connectivity index (χ0v) is 24.8. The highest BCUT2D eigenvalue weighted by Crippen LogP contribution is 2.27. The maximum absolute atomic E-state index is 13.6. The summed E-state index contributed by atoms with van der Waals surface area (Å²) in [7, 11) is 3.02. The van der Waals surface area contributed by atoms with E-state index < -0.39 is 18.6 Å². The molecule has 2 aliphatic heterocycles. The van der Waals surface area contributed by atoms with Gasteiger partial charge < -0.3 is 30.0 Å². The van der Waals surface area contributed by atoms with E-state index >= 15 is 0 Å². The van der Waals surface area contributed by atoms with Crippen molar-refractivity contribution in [1.29, 1.82) is 0 Å². The summed E-state index contributed by atoms with van der Waals surface area (Å²) in [6.07, 6.45) is -2.61. The van der Waals surface area contributed by atoms with Crippen LogP contribution in [0.1, 0.15) is 39.6 Å². The van der Waals surface area contributed by atoms with Crippen LogP contribution in [-0.2, 0) is 11.3 Å². The van der Waals surface area contributed by atoms with E-state index in [1.807, 2.05) is 0 Å². The first-order valence-electron chi connectivity index (χ1n) is 14.4. The number of aromatic nitrogens is 2. The molecule has 2 amide bonds. The smallest absolute Gasteiger partial charge is 0.406 e. The predicted molar refractivity (Wildman–Crippen MR) is 159 cm³/mol. The minimum Gasteiger partial charge on any atom is -0.495 e. The molecule has 10 nitrogen and oxygen atoms in total. The van der Waals surface area contributed by atoms with Crippen LogP contribution in [0.5, 0.6) is 5.75 Å². The quantitative estimate of drug-likeness (QED) is 0.335. The number of amides is 2. The summed E-state index contributed by atoms with van der Waals surface area (Å²) in [4.78, 5) is 32.1. The lowest BCUT2D eigenvalue weighted by Crippen LogP contribution is -2.57. The van der Waals surface area contributed by atoms with E-state index in [1.165, 1.54) is 20.2 Å². The Bertz CT molecular complexity index is 1590. The van der Waals surface area contributed by atoms with Crippen molar-refractivity contribution >= 4 is 28.5 Å². The van der Waals surface area contributed by atoms with Gasteiger partial charge in [-0.05, 0) is 42.7 Å². The minimum atomic E-state index is -4.47. The Labute approximate surface area is 253 Å². The number of hydrogen-bond donors (Lipinski definition) is 3. The summed E-state index contributed by atoms with van der Waals surface area (Å²) in [5.74, 6) is 5.91. The summed E-state index contributed by atoms with van der Waals surface area (Å²) in [5, 5.41) is 8.78. The van der Waals surface area contributed by atoms with Crippen molar-refractivity contribution < 1.29 is 32.2 Å². The number of halogens is 3. The Morgan fingerprint density at radius 3 is 2.64 bits per heavy atom. The summed E-state index contributed by atoms with van der Waals surface area (Å²) in [5.41, 5.74) is 1.96. The number of hydrogen-bond acceptors (Lipinski definition) is 7. The average molecular weight is 613 g/mol. The summed E-state index contributed by atoms with van der Waals surface area (Å²) in [6.45, 7) is 4.12. The standard InChI is InChI=1S/C31H35F3N6O4/c1-19-14-39(22-15-44-16-22)10-8-24(19)38-30(42)23-11-20(12-26-28(23)37-18-40(26)17-31(32,33)34)5-4-9-36-25-7-6-21(29(41)35-2)13-27(25)43-3/h6-7,11-13,18-19,22,24,36H,8-10,14-17H2,1-3H3,(H,35,41)(H,38,42)/t19-,24?/m0/s1. The van der Waals surface area contributed by atoms with Crippen LogP contribution < -0.4 is 20.7 Å². The Hall–Kier alpha value is -4.28. The maximum atomic E-state index is 13.6. The number of anilines is 1. The fourth-order valence-corrected chi connectivity index (χ4v) is 5.54. The molecule has 2 atom stereocenters. The van der Waals surface area contributed by atoms with Crippen LogP contribution >= 0.6 is 0 Å². The summed E-state index contributed by atoms with van der Waals surface area (Å²) < 4.78 is 51.7. The molecule has 2 fully saturated rings. The summed E-state index contributed by atoms with van der Waals surface area (Å²) >= 11 is 0. The molecule has 5 rings (SSSR count). The van der Waals surface area contributed by atoms with Crippen LogP contribution in [0.2, 0.25) is 0 Å². The molecule has 1 aromatic heterocycles. The fourth-order valence-electron chi connectivity index (χ4n) is 5.54. The van der Waals surface area contributed by atoms with E-state index in [0.717, 1.165) is 43.6 Å². The lowest BCUT2D eigenvalue weighted by Gasteiger charge is -2.44. The SMILES string of the molecule is CNC(=O)c1ccc(NCC#Cc2cc(C(=O)NC3CCN(C4COC4)C[C@@H]3C)c3ncn(CC(F)(F)F)c3c2)c(OC)c1. The average Bonchev–Trinajstić information content (AvgIpc) is 3.35. The van der Waals surface area contributed by atoms with Crippen LogP contribution in [0, 0.1) is 17.8 Å². The van der Waals surface area contributed by atoms with Gasteiger partial charge >= 0.3 is 6.18 Å². The zero-order valence-electron chi connectivity index (χ0n) is 24.8. The van der Waals surface area contributed by atoms with E-state index in [4.69, 9.17) is 9.47 Å². The molecule has 234 valence electrons. The maximum Gasteiger partial charge on any atom is 0.406 e. The third-order valence-electron chi connectivity index (χ3n) is 8.00. The second-order valence-electron chi connectivity index (χ2n) is 11.1.